The van der Waals surface area contributed by atoms with Crippen LogP contribution in [0.15, 0.2) is 132 Å². The van der Waals surface area contributed by atoms with Crippen molar-refractivity contribution < 1.29 is 59.3 Å². The van der Waals surface area contributed by atoms with E-state index in [4.69, 9.17) is 28.6 Å². The molecule has 17 nitrogen and oxygen atoms in total. The second kappa shape index (κ2) is 19.2. The summed E-state index contributed by atoms with van der Waals surface area (Å²) in [4.78, 5) is 5.32. The Balaban J connectivity index is 0.927. The van der Waals surface area contributed by atoms with Crippen LogP contribution in [0.25, 0.3) is 16.8 Å². The van der Waals surface area contributed by atoms with Crippen molar-refractivity contribution in [2.24, 2.45) is 4.99 Å². The highest BCUT2D eigenvalue weighted by atomic mass is 16.7. The summed E-state index contributed by atoms with van der Waals surface area (Å²) >= 11 is 0. The highest BCUT2D eigenvalue weighted by Gasteiger charge is 2.51. The van der Waals surface area contributed by atoms with Gasteiger partial charge in [0.05, 0.1) is 30.8 Å². The number of fused-ring (bicyclic) bond motifs is 3. The highest BCUT2D eigenvalue weighted by Crippen LogP contribution is 2.42. The van der Waals surface area contributed by atoms with Gasteiger partial charge in [0, 0.05) is 28.1 Å². The Morgan fingerprint density at radius 3 is 2.19 bits per heavy atom. The second-order valence-electron chi connectivity index (χ2n) is 17.7. The first-order chi connectivity index (χ1) is 33.4. The molecule has 0 bridgehead atoms. The van der Waals surface area contributed by atoms with Crippen molar-refractivity contribution in [3.63, 3.8) is 0 Å². The first-order valence-electron chi connectivity index (χ1n) is 22.8. The summed E-state index contributed by atoms with van der Waals surface area (Å²) < 4.78 is 33.7. The lowest BCUT2D eigenvalue weighted by atomic mass is 9.70. The Kier molecular flexibility index (Phi) is 13.0. The zero-order valence-corrected chi connectivity index (χ0v) is 37.9. The molecule has 6 heterocycles. The van der Waals surface area contributed by atoms with Crippen LogP contribution in [0.5, 0.6) is 11.5 Å². The minimum Gasteiger partial charge on any atom is -0.537 e. The third-order valence-electron chi connectivity index (χ3n) is 13.1. The van der Waals surface area contributed by atoms with Gasteiger partial charge in [-0.15, -0.1) is 5.10 Å². The molecule has 10 atom stereocenters. The molecule has 4 aromatic carbocycles. The normalized spacial score (nSPS) is 27.1. The van der Waals surface area contributed by atoms with Crippen molar-refractivity contribution in [3.05, 3.63) is 166 Å². The van der Waals surface area contributed by atoms with E-state index in [9.17, 15) is 35.7 Å². The molecule has 4 aliphatic rings. The van der Waals surface area contributed by atoms with Gasteiger partial charge in [0.2, 0.25) is 0 Å². The summed E-state index contributed by atoms with van der Waals surface area (Å²) in [6.45, 7) is 4.91. The van der Waals surface area contributed by atoms with E-state index in [0.717, 1.165) is 67.3 Å². The summed E-state index contributed by atoms with van der Waals surface area (Å²) in [5.74, 6) is 1.33. The number of rotatable bonds is 12. The van der Waals surface area contributed by atoms with E-state index in [0.29, 0.717) is 17.2 Å². The molecule has 2 fully saturated rings. The number of nitrogens with zero attached hydrogens (tertiary/aromatic N) is 5. The van der Waals surface area contributed by atoms with Gasteiger partial charge < -0.3 is 63.8 Å². The number of allylic oxidation sites excluding steroid dienone is 2. The number of hydrogen-bond acceptors (Lipinski definition) is 15. The molecule has 6 aromatic rings. The van der Waals surface area contributed by atoms with Crippen LogP contribution in [-0.2, 0) is 20.8 Å². The maximum absolute atomic E-state index is 11.2. The van der Waals surface area contributed by atoms with Crippen LogP contribution in [-0.4, -0.2) is 136 Å². The summed E-state index contributed by atoms with van der Waals surface area (Å²) in [5.41, 5.74) is 11.9. The SMILES string of the molecule is Cc1cc(C)c(/C(=C2\C=CC(c3ccccc3OCc3cn(C4OC(CO)C(OC5OC(CO)C(O)C(O)C5O)C(O)C4O)nn3)=N2)c2ccc3n2B(c2ccccc2)Oc2ccccc2-3)c(C)c1. The quantitative estimate of drug-likeness (QED) is 0.0875. The lowest BCUT2D eigenvalue weighted by Crippen LogP contribution is -2.63. The number of para-hydroxylation sites is 2. The lowest BCUT2D eigenvalue weighted by Gasteiger charge is -2.45. The van der Waals surface area contributed by atoms with Gasteiger partial charge in [0.1, 0.15) is 72.6 Å². The van der Waals surface area contributed by atoms with Gasteiger partial charge in [-0.3, -0.25) is 0 Å². The average molecular weight is 938 g/mol. The molecule has 2 saturated heterocycles. The van der Waals surface area contributed by atoms with Crippen molar-refractivity contribution in [3.8, 4) is 22.8 Å². The van der Waals surface area contributed by atoms with E-state index >= 15 is 0 Å². The Labute approximate surface area is 397 Å². The van der Waals surface area contributed by atoms with Crippen LogP contribution in [0.2, 0.25) is 0 Å². The minimum atomic E-state index is -1.79. The van der Waals surface area contributed by atoms with Crippen molar-refractivity contribution in [1.29, 1.82) is 0 Å². The molecule has 356 valence electrons. The fourth-order valence-electron chi connectivity index (χ4n) is 9.77. The van der Waals surface area contributed by atoms with E-state index < -0.39 is 81.6 Å². The number of aryl methyl sites for hydroxylation is 3. The van der Waals surface area contributed by atoms with E-state index in [1.807, 2.05) is 72.8 Å². The molecule has 7 N–H and O–H groups in total. The summed E-state index contributed by atoms with van der Waals surface area (Å²) in [6, 6.07) is 34.5. The van der Waals surface area contributed by atoms with Gasteiger partial charge in [-0.1, -0.05) is 77.5 Å². The van der Waals surface area contributed by atoms with Crippen molar-refractivity contribution >= 4 is 23.8 Å². The molecule has 69 heavy (non-hydrogen) atoms. The molecule has 0 amide bonds. The number of hydrogen-bond donors (Lipinski definition) is 7. The molecule has 0 aliphatic carbocycles. The molecule has 4 aliphatic heterocycles. The van der Waals surface area contributed by atoms with E-state index in [1.165, 1.54) is 10.9 Å². The summed E-state index contributed by atoms with van der Waals surface area (Å²) in [6.07, 6.45) is -10.1. The molecule has 2 aromatic heterocycles. The number of aliphatic hydroxyl groups is 7. The van der Waals surface area contributed by atoms with Crippen LogP contribution < -0.4 is 14.9 Å². The predicted octanol–water partition coefficient (Wildman–Crippen LogP) is 2.50. The monoisotopic (exact) mass is 937 g/mol. The lowest BCUT2D eigenvalue weighted by molar-refractivity contribution is -0.347. The van der Waals surface area contributed by atoms with E-state index in [2.05, 4.69) is 78.0 Å². The third kappa shape index (κ3) is 8.63. The Morgan fingerprint density at radius 1 is 0.725 bits per heavy atom. The first-order valence-corrected chi connectivity index (χ1v) is 22.8. The summed E-state index contributed by atoms with van der Waals surface area (Å²) in [7, 11) is -0.450. The number of ether oxygens (including phenoxy) is 4. The standard InChI is InChI=1S/C51H52BN5O12/c1-27-21-28(2)42(29(3)22-27)43(37-20-19-36-33-14-8-10-16-39(33)69-52(57(36)37)30-11-5-4-6-12-30)35-18-17-34(53-35)32-13-7-9-15-38(32)65-26-31-23-56(55-54-31)50-47(63)46(62)49(41(25-59)66-50)68-51-48(64)45(61)44(60)40(24-58)67-51/h4-23,40-41,44-51,58-64H,24-26H2,1-3H3/b43-35+. The molecule has 0 saturated carbocycles. The van der Waals surface area contributed by atoms with Crippen molar-refractivity contribution in [1.82, 2.24) is 19.5 Å². The van der Waals surface area contributed by atoms with Crippen LogP contribution in [0, 0.1) is 20.8 Å². The molecular formula is C51H52BN5O12. The largest absolute Gasteiger partial charge is 0.537 e. The predicted molar refractivity (Wildman–Crippen MR) is 253 cm³/mol. The molecule has 0 spiro atoms. The van der Waals surface area contributed by atoms with Crippen LogP contribution in [0.4, 0.5) is 0 Å². The van der Waals surface area contributed by atoms with Gasteiger partial charge in [-0.05, 0) is 91.5 Å². The van der Waals surface area contributed by atoms with Gasteiger partial charge in [0.25, 0.3) is 0 Å². The number of aliphatic hydroxyl groups excluding tert-OH is 7. The number of aliphatic imine (C=N–C) groups is 1. The maximum atomic E-state index is 11.2. The number of aromatic nitrogens is 4. The van der Waals surface area contributed by atoms with Crippen LogP contribution >= 0.6 is 0 Å². The molecule has 10 unspecified atom stereocenters. The van der Waals surface area contributed by atoms with Crippen LogP contribution in [0.3, 0.4) is 0 Å². The molecular weight excluding hydrogens is 885 g/mol. The molecule has 10 rings (SSSR count). The average Bonchev–Trinajstić information content (AvgIpc) is 4.15. The fourth-order valence-corrected chi connectivity index (χ4v) is 9.77. The van der Waals surface area contributed by atoms with E-state index in [1.54, 1.807) is 0 Å². The Hall–Kier alpha value is -6.29. The van der Waals surface area contributed by atoms with Gasteiger partial charge >= 0.3 is 7.05 Å². The van der Waals surface area contributed by atoms with Crippen LogP contribution in [0.1, 0.15) is 45.4 Å². The topological polar surface area (TPSA) is 236 Å². The number of benzene rings is 4. The highest BCUT2D eigenvalue weighted by molar-refractivity contribution is 6.67. The van der Waals surface area contributed by atoms with E-state index in [-0.39, 0.29) is 6.61 Å². The molecule has 0 radical (unpaired) electrons. The summed E-state index contributed by atoms with van der Waals surface area (Å²) in [5, 5.41) is 81.5. The first kappa shape index (κ1) is 46.4. The second-order valence-corrected chi connectivity index (χ2v) is 17.7. The third-order valence-corrected chi connectivity index (χ3v) is 13.1. The zero-order valence-electron chi connectivity index (χ0n) is 37.9. The molecule has 18 heteroatoms. The zero-order chi connectivity index (χ0) is 48.1. The van der Waals surface area contributed by atoms with Gasteiger partial charge in [-0.25, -0.2) is 9.67 Å². The van der Waals surface area contributed by atoms with Gasteiger partial charge in [0.15, 0.2) is 12.5 Å². The maximum Gasteiger partial charge on any atom is 0.524 e. The Bertz CT molecular complexity index is 2910. The minimum absolute atomic E-state index is 0.0556. The fraction of sp³-hybridized carbons (Fsp3) is 0.314. The Morgan fingerprint density at radius 2 is 1.43 bits per heavy atom. The van der Waals surface area contributed by atoms with Crippen molar-refractivity contribution in [2.45, 2.75) is 88.7 Å². The smallest absolute Gasteiger partial charge is 0.524 e. The van der Waals surface area contributed by atoms with Crippen molar-refractivity contribution in [2.75, 3.05) is 13.2 Å². The van der Waals surface area contributed by atoms with Gasteiger partial charge in [-0.2, -0.15) is 0 Å².